The Balaban J connectivity index is 1.66. The lowest BCUT2D eigenvalue weighted by Gasteiger charge is -2.06. The maximum absolute atomic E-state index is 12.3. The minimum atomic E-state index is -0.362. The van der Waals surface area contributed by atoms with E-state index in [-0.39, 0.29) is 23.7 Å². The highest BCUT2D eigenvalue weighted by atomic mass is 35.5. The minimum Gasteiger partial charge on any atom is -0.459 e. The van der Waals surface area contributed by atoms with Crippen LogP contribution in [-0.2, 0) is 13.1 Å². The Morgan fingerprint density at radius 2 is 1.92 bits per heavy atom. The molecule has 0 aliphatic heterocycles. The van der Waals surface area contributed by atoms with Gasteiger partial charge in [0, 0.05) is 23.2 Å². The molecule has 1 amide bonds. The second-order valence-corrected chi connectivity index (χ2v) is 6.17. The zero-order valence-electron chi connectivity index (χ0n) is 14.2. The summed E-state index contributed by atoms with van der Waals surface area (Å²) in [5.74, 6) is 0.949. The first-order chi connectivity index (χ1) is 12.6. The fourth-order valence-corrected chi connectivity index (χ4v) is 2.57. The van der Waals surface area contributed by atoms with Gasteiger partial charge in [0.15, 0.2) is 0 Å². The lowest BCUT2D eigenvalue weighted by atomic mass is 10.2. The first-order valence-electron chi connectivity index (χ1n) is 8.28. The maximum Gasteiger partial charge on any atom is 0.272 e. The summed E-state index contributed by atoms with van der Waals surface area (Å²) >= 11 is 5.88. The maximum atomic E-state index is 12.3. The fraction of sp³-hybridized carbons (Fsp3) is 0.211. The van der Waals surface area contributed by atoms with Crippen molar-refractivity contribution < 1.29 is 9.21 Å². The monoisotopic (exact) mass is 371 g/mol. The van der Waals surface area contributed by atoms with E-state index in [0.29, 0.717) is 23.1 Å². The smallest absolute Gasteiger partial charge is 0.272 e. The summed E-state index contributed by atoms with van der Waals surface area (Å²) in [6.07, 6.45) is 0.762. The molecule has 1 aromatic carbocycles. The molecule has 3 aromatic rings. The van der Waals surface area contributed by atoms with Crippen LogP contribution in [0.1, 0.15) is 29.6 Å². The molecule has 0 spiro atoms. The molecule has 7 heteroatoms. The van der Waals surface area contributed by atoms with Crippen molar-refractivity contribution in [2.45, 2.75) is 26.4 Å². The fourth-order valence-electron chi connectivity index (χ4n) is 2.44. The molecule has 0 fully saturated rings. The summed E-state index contributed by atoms with van der Waals surface area (Å²) in [5, 5.41) is 7.49. The Bertz CT molecular complexity index is 961. The van der Waals surface area contributed by atoms with Gasteiger partial charge < -0.3 is 9.73 Å². The molecule has 0 saturated heterocycles. The molecule has 0 saturated carbocycles. The van der Waals surface area contributed by atoms with Crippen molar-refractivity contribution in [3.63, 3.8) is 0 Å². The lowest BCUT2D eigenvalue weighted by Crippen LogP contribution is -2.29. The van der Waals surface area contributed by atoms with Crippen molar-refractivity contribution in [2.75, 3.05) is 0 Å². The summed E-state index contributed by atoms with van der Waals surface area (Å²) in [7, 11) is 0. The zero-order chi connectivity index (χ0) is 18.5. The molecule has 2 heterocycles. The van der Waals surface area contributed by atoms with Gasteiger partial charge in [0.1, 0.15) is 17.2 Å². The average Bonchev–Trinajstić information content (AvgIpc) is 3.11. The van der Waals surface area contributed by atoms with Crippen LogP contribution in [-0.4, -0.2) is 15.7 Å². The van der Waals surface area contributed by atoms with Crippen molar-refractivity contribution >= 4 is 17.5 Å². The van der Waals surface area contributed by atoms with Crippen LogP contribution in [0.4, 0.5) is 0 Å². The number of benzene rings is 1. The number of carbonyl (C=O) groups excluding carboxylic acids is 1. The Hall–Kier alpha value is -2.86. The number of amides is 1. The Labute approximate surface area is 155 Å². The third kappa shape index (κ3) is 4.21. The van der Waals surface area contributed by atoms with E-state index in [4.69, 9.17) is 16.0 Å². The third-order valence-corrected chi connectivity index (χ3v) is 4.00. The number of halogens is 1. The molecule has 0 aliphatic rings. The largest absolute Gasteiger partial charge is 0.459 e. The van der Waals surface area contributed by atoms with Crippen molar-refractivity contribution in [3.8, 4) is 11.3 Å². The van der Waals surface area contributed by atoms with Gasteiger partial charge in [-0.1, -0.05) is 18.5 Å². The van der Waals surface area contributed by atoms with E-state index in [1.165, 1.54) is 16.8 Å². The molecule has 0 aliphatic carbocycles. The lowest BCUT2D eigenvalue weighted by molar-refractivity contribution is 0.0940. The number of furan rings is 1. The number of nitrogens with one attached hydrogen (secondary N) is 1. The van der Waals surface area contributed by atoms with Crippen LogP contribution in [0.15, 0.2) is 57.7 Å². The Morgan fingerprint density at radius 3 is 2.65 bits per heavy atom. The third-order valence-electron chi connectivity index (χ3n) is 3.75. The summed E-state index contributed by atoms with van der Waals surface area (Å²) in [6.45, 7) is 2.64. The van der Waals surface area contributed by atoms with E-state index in [9.17, 15) is 9.59 Å². The quantitative estimate of drug-likeness (QED) is 0.719. The molecular weight excluding hydrogens is 354 g/mol. The highest BCUT2D eigenvalue weighted by Crippen LogP contribution is 2.23. The number of aryl methyl sites for hydroxylation is 1. The highest BCUT2D eigenvalue weighted by Gasteiger charge is 2.11. The summed E-state index contributed by atoms with van der Waals surface area (Å²) in [5.41, 5.74) is 0.879. The molecule has 0 unspecified atom stereocenters. The molecule has 0 bridgehead atoms. The van der Waals surface area contributed by atoms with Gasteiger partial charge in [-0.15, -0.1) is 0 Å². The van der Waals surface area contributed by atoms with Gasteiger partial charge in [-0.25, -0.2) is 4.68 Å². The number of nitrogens with zero attached hydrogens (tertiary/aromatic N) is 2. The van der Waals surface area contributed by atoms with E-state index in [2.05, 4.69) is 10.4 Å². The number of carbonyl (C=O) groups is 1. The number of rotatable bonds is 6. The summed E-state index contributed by atoms with van der Waals surface area (Å²) in [6, 6.07) is 13.7. The zero-order valence-corrected chi connectivity index (χ0v) is 15.0. The van der Waals surface area contributed by atoms with Gasteiger partial charge in [-0.2, -0.15) is 5.10 Å². The molecular formula is C19H18ClN3O3. The van der Waals surface area contributed by atoms with Gasteiger partial charge in [0.2, 0.25) is 0 Å². The number of hydrogen-bond acceptors (Lipinski definition) is 4. The van der Waals surface area contributed by atoms with Crippen LogP contribution >= 0.6 is 11.6 Å². The van der Waals surface area contributed by atoms with Gasteiger partial charge >= 0.3 is 0 Å². The highest BCUT2D eigenvalue weighted by molar-refractivity contribution is 6.30. The van der Waals surface area contributed by atoms with E-state index in [0.717, 1.165) is 12.0 Å². The van der Waals surface area contributed by atoms with Crippen molar-refractivity contribution in [1.82, 2.24) is 15.1 Å². The molecule has 6 nitrogen and oxygen atoms in total. The van der Waals surface area contributed by atoms with Crippen molar-refractivity contribution in [1.29, 1.82) is 0 Å². The van der Waals surface area contributed by atoms with E-state index < -0.39 is 0 Å². The molecule has 3 rings (SSSR count). The van der Waals surface area contributed by atoms with Crippen LogP contribution in [0.3, 0.4) is 0 Å². The van der Waals surface area contributed by atoms with E-state index in [1.54, 1.807) is 18.2 Å². The molecule has 26 heavy (non-hydrogen) atoms. The first-order valence-corrected chi connectivity index (χ1v) is 8.65. The predicted molar refractivity (Wildman–Crippen MR) is 99.1 cm³/mol. The van der Waals surface area contributed by atoms with Gasteiger partial charge in [-0.3, -0.25) is 9.59 Å². The molecule has 2 aromatic heterocycles. The van der Waals surface area contributed by atoms with Gasteiger partial charge in [0.25, 0.3) is 11.5 Å². The Kier molecular flexibility index (Phi) is 5.53. The molecule has 1 N–H and O–H groups in total. The summed E-state index contributed by atoms with van der Waals surface area (Å²) < 4.78 is 7.04. The first kappa shape index (κ1) is 17.9. The van der Waals surface area contributed by atoms with Crippen LogP contribution in [0.2, 0.25) is 5.02 Å². The van der Waals surface area contributed by atoms with Crippen LogP contribution in [0.25, 0.3) is 11.3 Å². The van der Waals surface area contributed by atoms with Crippen LogP contribution < -0.4 is 10.9 Å². The average molecular weight is 372 g/mol. The minimum absolute atomic E-state index is 0.197. The van der Waals surface area contributed by atoms with Crippen LogP contribution in [0, 0.1) is 0 Å². The van der Waals surface area contributed by atoms with Crippen LogP contribution in [0.5, 0.6) is 0 Å². The molecule has 0 atom stereocenters. The van der Waals surface area contributed by atoms with Crippen molar-refractivity contribution in [3.05, 3.63) is 75.4 Å². The standard InChI is InChI=1S/C19H18ClN3O3/c1-2-11-23-18(24)10-8-16(22-23)19(25)21-12-15-7-9-17(26-15)13-3-5-14(20)6-4-13/h3-10H,2,11-12H2,1H3,(H,21,25). The van der Waals surface area contributed by atoms with Gasteiger partial charge in [0.05, 0.1) is 6.54 Å². The van der Waals surface area contributed by atoms with E-state index >= 15 is 0 Å². The molecule has 0 radical (unpaired) electrons. The second kappa shape index (κ2) is 8.01. The second-order valence-electron chi connectivity index (χ2n) is 5.74. The van der Waals surface area contributed by atoms with Crippen molar-refractivity contribution in [2.24, 2.45) is 0 Å². The number of hydrogen-bond donors (Lipinski definition) is 1. The Morgan fingerprint density at radius 1 is 1.15 bits per heavy atom. The van der Waals surface area contributed by atoms with E-state index in [1.807, 2.05) is 25.1 Å². The predicted octanol–water partition coefficient (Wildman–Crippen LogP) is 3.50. The SMILES string of the molecule is CCCn1nc(C(=O)NCc2ccc(-c3ccc(Cl)cc3)o2)ccc1=O. The number of aromatic nitrogens is 2. The topological polar surface area (TPSA) is 77.1 Å². The molecule has 134 valence electrons. The summed E-state index contributed by atoms with van der Waals surface area (Å²) in [4.78, 5) is 23.9. The normalized spacial score (nSPS) is 10.7. The van der Waals surface area contributed by atoms with Gasteiger partial charge in [-0.05, 0) is 48.9 Å².